The average Bonchev–Trinajstić information content (AvgIpc) is 2.86. The van der Waals surface area contributed by atoms with E-state index in [2.05, 4.69) is 10.4 Å². The zero-order valence-electron chi connectivity index (χ0n) is 9.18. The first-order valence-electron chi connectivity index (χ1n) is 4.94. The van der Waals surface area contributed by atoms with Gasteiger partial charge in [0.1, 0.15) is 0 Å². The zero-order valence-corrected chi connectivity index (χ0v) is 10.00. The quantitative estimate of drug-likeness (QED) is 0.645. The molecule has 0 aliphatic heterocycles. The van der Waals surface area contributed by atoms with E-state index in [-0.39, 0.29) is 5.75 Å². The van der Waals surface area contributed by atoms with E-state index in [9.17, 15) is 4.39 Å². The van der Waals surface area contributed by atoms with Crippen molar-refractivity contribution in [1.29, 1.82) is 0 Å². The number of benzene rings is 1. The molecule has 17 heavy (non-hydrogen) atoms. The maximum absolute atomic E-state index is 14.1. The van der Waals surface area contributed by atoms with Crippen LogP contribution in [0.2, 0.25) is 0 Å². The highest BCUT2D eigenvalue weighted by Gasteiger charge is 2.20. The highest BCUT2D eigenvalue weighted by molar-refractivity contribution is 7.07. The lowest BCUT2D eigenvalue weighted by atomic mass is 10.0. The summed E-state index contributed by atoms with van der Waals surface area (Å²) in [6, 6.07) is 4.46. The summed E-state index contributed by atoms with van der Waals surface area (Å²) in [6.07, 6.45) is 0. The van der Waals surface area contributed by atoms with Crippen LogP contribution >= 0.6 is 11.3 Å². The Morgan fingerprint density at radius 1 is 1.53 bits per heavy atom. The summed E-state index contributed by atoms with van der Waals surface area (Å²) < 4.78 is 19.0. The fraction of sp³-hybridized carbons (Fsp3) is 0.182. The van der Waals surface area contributed by atoms with Gasteiger partial charge in [-0.1, -0.05) is 12.1 Å². The monoisotopic (exact) mass is 253 g/mol. The first kappa shape index (κ1) is 12.0. The van der Waals surface area contributed by atoms with Crippen molar-refractivity contribution in [2.45, 2.75) is 6.04 Å². The Kier molecular flexibility index (Phi) is 3.68. The molecule has 1 aromatic heterocycles. The number of nitrogens with one attached hydrogen (secondary N) is 1. The van der Waals surface area contributed by atoms with Crippen molar-refractivity contribution in [3.63, 3.8) is 0 Å². The number of ether oxygens (including phenoxy) is 1. The number of hydrazine groups is 1. The molecule has 1 atom stereocenters. The molecule has 0 fully saturated rings. The van der Waals surface area contributed by atoms with Gasteiger partial charge >= 0.3 is 0 Å². The van der Waals surface area contributed by atoms with Crippen molar-refractivity contribution < 1.29 is 9.13 Å². The summed E-state index contributed by atoms with van der Waals surface area (Å²) in [5, 5.41) is 1.82. The second kappa shape index (κ2) is 5.22. The molecule has 3 N–H and O–H groups in total. The third-order valence-electron chi connectivity index (χ3n) is 2.44. The summed E-state index contributed by atoms with van der Waals surface area (Å²) in [7, 11) is 1.43. The molecule has 0 radical (unpaired) electrons. The van der Waals surface area contributed by atoms with Crippen LogP contribution in [0, 0.1) is 5.82 Å². The molecule has 0 aliphatic rings. The number of nitrogens with zero attached hydrogens (tertiary/aromatic N) is 1. The van der Waals surface area contributed by atoms with Crippen molar-refractivity contribution >= 4 is 11.3 Å². The molecule has 0 aliphatic carbocycles. The molecule has 2 aromatic rings. The van der Waals surface area contributed by atoms with Gasteiger partial charge in [0, 0.05) is 10.9 Å². The predicted molar refractivity (Wildman–Crippen MR) is 64.2 cm³/mol. The van der Waals surface area contributed by atoms with Crippen LogP contribution in [0.25, 0.3) is 0 Å². The second-order valence-corrected chi connectivity index (χ2v) is 4.10. The van der Waals surface area contributed by atoms with Crippen LogP contribution in [0.15, 0.2) is 29.1 Å². The lowest BCUT2D eigenvalue weighted by molar-refractivity contribution is 0.381. The second-order valence-electron chi connectivity index (χ2n) is 3.38. The molecule has 2 rings (SSSR count). The predicted octanol–water partition coefficient (Wildman–Crippen LogP) is 1.84. The van der Waals surface area contributed by atoms with Crippen LogP contribution in [-0.2, 0) is 0 Å². The van der Waals surface area contributed by atoms with Gasteiger partial charge in [-0.3, -0.25) is 5.84 Å². The van der Waals surface area contributed by atoms with Gasteiger partial charge in [0.05, 0.1) is 24.4 Å². The summed E-state index contributed by atoms with van der Waals surface area (Å²) in [6.45, 7) is 0. The number of hydrogen-bond donors (Lipinski definition) is 2. The molecule has 4 nitrogen and oxygen atoms in total. The van der Waals surface area contributed by atoms with Crippen LogP contribution in [-0.4, -0.2) is 12.1 Å². The van der Waals surface area contributed by atoms with Gasteiger partial charge in [-0.15, -0.1) is 11.3 Å². The molecule has 6 heteroatoms. The third-order valence-corrected chi connectivity index (χ3v) is 3.04. The first-order valence-corrected chi connectivity index (χ1v) is 5.88. The Labute approximate surface area is 102 Å². The van der Waals surface area contributed by atoms with E-state index < -0.39 is 11.9 Å². The summed E-state index contributed by atoms with van der Waals surface area (Å²) in [5.41, 5.74) is 5.34. The maximum atomic E-state index is 14.1. The average molecular weight is 253 g/mol. The summed E-state index contributed by atoms with van der Waals surface area (Å²) >= 11 is 1.43. The van der Waals surface area contributed by atoms with E-state index in [0.29, 0.717) is 11.3 Å². The zero-order chi connectivity index (χ0) is 12.3. The standard InChI is InChI=1S/C11H12FN3OS/c1-16-9-4-2-3-7(10(9)12)11(15-13)8-5-17-6-14-8/h2-6,11,15H,13H2,1H3. The Bertz CT molecular complexity index is 489. The van der Waals surface area contributed by atoms with Crippen molar-refractivity contribution in [3.05, 3.63) is 46.2 Å². The van der Waals surface area contributed by atoms with Crippen molar-refractivity contribution in [3.8, 4) is 5.75 Å². The Balaban J connectivity index is 2.44. The van der Waals surface area contributed by atoms with Crippen molar-refractivity contribution in [2.75, 3.05) is 7.11 Å². The van der Waals surface area contributed by atoms with E-state index in [0.717, 1.165) is 0 Å². The SMILES string of the molecule is COc1cccc(C(NN)c2cscn2)c1F. The van der Waals surface area contributed by atoms with Gasteiger partial charge < -0.3 is 4.74 Å². The third kappa shape index (κ3) is 2.28. The van der Waals surface area contributed by atoms with Crippen molar-refractivity contribution in [1.82, 2.24) is 10.4 Å². The minimum absolute atomic E-state index is 0.193. The van der Waals surface area contributed by atoms with Crippen LogP contribution in [0.4, 0.5) is 4.39 Å². The number of nitrogens with two attached hydrogens (primary N) is 1. The van der Waals surface area contributed by atoms with E-state index in [4.69, 9.17) is 10.6 Å². The molecule has 0 saturated carbocycles. The lowest BCUT2D eigenvalue weighted by Gasteiger charge is -2.16. The largest absolute Gasteiger partial charge is 0.494 e. The van der Waals surface area contributed by atoms with Crippen LogP contribution in [0.3, 0.4) is 0 Å². The highest BCUT2D eigenvalue weighted by atomic mass is 32.1. The molecular formula is C11H12FN3OS. The molecule has 0 saturated heterocycles. The van der Waals surface area contributed by atoms with Gasteiger partial charge in [0.2, 0.25) is 0 Å². The van der Waals surface area contributed by atoms with E-state index in [1.807, 2.05) is 5.38 Å². The van der Waals surface area contributed by atoms with Crippen LogP contribution < -0.4 is 16.0 Å². The van der Waals surface area contributed by atoms with Gasteiger partial charge in [-0.2, -0.15) is 0 Å². The minimum atomic E-state index is -0.476. The summed E-state index contributed by atoms with van der Waals surface area (Å²) in [5.74, 6) is 5.23. The highest BCUT2D eigenvalue weighted by Crippen LogP contribution is 2.28. The van der Waals surface area contributed by atoms with Crippen LogP contribution in [0.1, 0.15) is 17.3 Å². The van der Waals surface area contributed by atoms with Crippen LogP contribution in [0.5, 0.6) is 5.75 Å². The van der Waals surface area contributed by atoms with Gasteiger partial charge in [0.25, 0.3) is 0 Å². The molecule has 0 amide bonds. The number of halogens is 1. The number of methoxy groups -OCH3 is 1. The molecule has 90 valence electrons. The van der Waals surface area contributed by atoms with E-state index in [1.165, 1.54) is 18.4 Å². The number of thiazole rings is 1. The Morgan fingerprint density at radius 3 is 2.94 bits per heavy atom. The number of rotatable bonds is 4. The normalized spacial score (nSPS) is 12.4. The molecule has 0 bridgehead atoms. The Hall–Kier alpha value is -1.50. The van der Waals surface area contributed by atoms with Gasteiger partial charge in [0.15, 0.2) is 11.6 Å². The van der Waals surface area contributed by atoms with Gasteiger partial charge in [-0.05, 0) is 6.07 Å². The number of aromatic nitrogens is 1. The molecule has 1 heterocycles. The minimum Gasteiger partial charge on any atom is -0.494 e. The lowest BCUT2D eigenvalue weighted by Crippen LogP contribution is -2.29. The van der Waals surface area contributed by atoms with Gasteiger partial charge in [-0.25, -0.2) is 14.8 Å². The topological polar surface area (TPSA) is 60.2 Å². The molecule has 1 unspecified atom stereocenters. The fourth-order valence-electron chi connectivity index (χ4n) is 1.61. The molecular weight excluding hydrogens is 241 g/mol. The number of hydrogen-bond acceptors (Lipinski definition) is 5. The smallest absolute Gasteiger partial charge is 0.170 e. The summed E-state index contributed by atoms with van der Waals surface area (Å²) in [4.78, 5) is 4.13. The fourth-order valence-corrected chi connectivity index (χ4v) is 2.19. The van der Waals surface area contributed by atoms with Crippen molar-refractivity contribution in [2.24, 2.45) is 5.84 Å². The molecule has 1 aromatic carbocycles. The molecule has 0 spiro atoms. The maximum Gasteiger partial charge on any atom is 0.170 e. The van der Waals surface area contributed by atoms with E-state index >= 15 is 0 Å². The first-order chi connectivity index (χ1) is 8.27. The Morgan fingerprint density at radius 2 is 2.35 bits per heavy atom. The van der Waals surface area contributed by atoms with E-state index in [1.54, 1.807) is 23.7 Å².